The summed E-state index contributed by atoms with van der Waals surface area (Å²) in [6, 6.07) is 8.69. The van der Waals surface area contributed by atoms with E-state index in [9.17, 15) is 14.4 Å². The molecule has 0 unspecified atom stereocenters. The number of carbonyl (C=O) groups excluding carboxylic acids is 2. The maximum atomic E-state index is 12.8. The number of benzene rings is 1. The molecule has 29 heavy (non-hydrogen) atoms. The van der Waals surface area contributed by atoms with Crippen molar-refractivity contribution in [2.24, 2.45) is 5.73 Å². The number of rotatable bonds is 5. The Balaban J connectivity index is 1.42. The summed E-state index contributed by atoms with van der Waals surface area (Å²) in [7, 11) is 0. The molecule has 3 aromatic rings. The second kappa shape index (κ2) is 8.21. The lowest BCUT2D eigenvalue weighted by Gasteiger charge is -2.34. The Bertz CT molecular complexity index is 1120. The molecule has 2 amide bonds. The first-order valence-corrected chi connectivity index (χ1v) is 10.6. The average molecular weight is 431 g/mol. The molecule has 4 rings (SSSR count). The van der Waals surface area contributed by atoms with Crippen LogP contribution in [0.15, 0.2) is 43.9 Å². The van der Waals surface area contributed by atoms with Crippen molar-refractivity contribution in [3.63, 3.8) is 0 Å². The molecule has 2 N–H and O–H groups in total. The molecule has 1 aromatic carbocycles. The van der Waals surface area contributed by atoms with Crippen LogP contribution >= 0.6 is 23.1 Å². The molecular formula is C18H17N5O4S2. The quantitative estimate of drug-likeness (QED) is 0.472. The number of anilines is 1. The number of hydrogen-bond acceptors (Lipinski definition) is 9. The van der Waals surface area contributed by atoms with Gasteiger partial charge in [-0.3, -0.25) is 9.59 Å². The van der Waals surface area contributed by atoms with Gasteiger partial charge in [0, 0.05) is 31.6 Å². The molecule has 0 radical (unpaired) electrons. The van der Waals surface area contributed by atoms with Gasteiger partial charge in [-0.2, -0.15) is 0 Å². The van der Waals surface area contributed by atoms with Crippen molar-refractivity contribution >= 4 is 51.0 Å². The van der Waals surface area contributed by atoms with Gasteiger partial charge in [-0.05, 0) is 12.1 Å². The molecule has 1 saturated heterocycles. The zero-order chi connectivity index (χ0) is 20.4. The van der Waals surface area contributed by atoms with Gasteiger partial charge in [0.15, 0.2) is 4.34 Å². The van der Waals surface area contributed by atoms with Crippen molar-refractivity contribution in [2.75, 3.05) is 36.8 Å². The standard InChI is InChI=1S/C18H17N5O4S2/c19-14(24)10-28-18-21-20-17(29-18)23-7-5-22(6-8-23)15(25)12-9-11-3-1-2-4-13(11)27-16(12)26/h1-4,9H,5-8,10H2,(H2,19,24). The number of aromatic nitrogens is 2. The van der Waals surface area contributed by atoms with Crippen molar-refractivity contribution in [3.8, 4) is 0 Å². The number of para-hydroxylation sites is 1. The summed E-state index contributed by atoms with van der Waals surface area (Å²) in [5, 5.41) is 9.64. The lowest BCUT2D eigenvalue weighted by atomic mass is 10.1. The molecule has 9 nitrogen and oxygen atoms in total. The molecular weight excluding hydrogens is 414 g/mol. The van der Waals surface area contributed by atoms with E-state index in [1.165, 1.54) is 23.1 Å². The molecule has 1 aliphatic heterocycles. The topological polar surface area (TPSA) is 123 Å². The SMILES string of the molecule is NC(=O)CSc1nnc(N2CCN(C(=O)c3cc4ccccc4oc3=O)CC2)s1. The zero-order valence-corrected chi connectivity index (χ0v) is 16.9. The minimum absolute atomic E-state index is 0.0400. The number of primary amides is 1. The molecule has 0 spiro atoms. The summed E-state index contributed by atoms with van der Waals surface area (Å²) in [6.07, 6.45) is 0. The number of fused-ring (bicyclic) bond motifs is 1. The van der Waals surface area contributed by atoms with E-state index in [0.29, 0.717) is 41.5 Å². The van der Waals surface area contributed by atoms with Crippen LogP contribution in [0, 0.1) is 0 Å². The number of nitrogens with two attached hydrogens (primary N) is 1. The van der Waals surface area contributed by atoms with E-state index in [4.69, 9.17) is 10.2 Å². The molecule has 1 aliphatic rings. The number of hydrogen-bond donors (Lipinski definition) is 1. The molecule has 150 valence electrons. The second-order valence-corrected chi connectivity index (χ2v) is 8.55. The van der Waals surface area contributed by atoms with Crippen molar-refractivity contribution in [1.29, 1.82) is 0 Å². The Labute approximate surface area is 173 Å². The predicted octanol–water partition coefficient (Wildman–Crippen LogP) is 1.18. The maximum Gasteiger partial charge on any atom is 0.349 e. The van der Waals surface area contributed by atoms with Crippen LogP contribution in [0.25, 0.3) is 11.0 Å². The molecule has 2 aromatic heterocycles. The fourth-order valence-corrected chi connectivity index (χ4v) is 4.64. The van der Waals surface area contributed by atoms with E-state index >= 15 is 0 Å². The molecule has 0 aliphatic carbocycles. The summed E-state index contributed by atoms with van der Waals surface area (Å²) >= 11 is 2.63. The number of nitrogens with zero attached hydrogens (tertiary/aromatic N) is 4. The highest BCUT2D eigenvalue weighted by molar-refractivity contribution is 8.01. The minimum atomic E-state index is -0.628. The molecule has 0 atom stereocenters. The highest BCUT2D eigenvalue weighted by Gasteiger charge is 2.26. The van der Waals surface area contributed by atoms with Crippen LogP contribution in [0.5, 0.6) is 0 Å². The van der Waals surface area contributed by atoms with Gasteiger partial charge < -0.3 is 20.0 Å². The average Bonchev–Trinajstić information content (AvgIpc) is 3.20. The minimum Gasteiger partial charge on any atom is -0.422 e. The molecule has 0 bridgehead atoms. The van der Waals surface area contributed by atoms with Crippen molar-refractivity contribution in [2.45, 2.75) is 4.34 Å². The van der Waals surface area contributed by atoms with Crippen LogP contribution in [0.2, 0.25) is 0 Å². The number of piperazine rings is 1. The lowest BCUT2D eigenvalue weighted by molar-refractivity contribution is -0.115. The van der Waals surface area contributed by atoms with Crippen LogP contribution in [0.4, 0.5) is 5.13 Å². The third-order valence-electron chi connectivity index (χ3n) is 4.44. The van der Waals surface area contributed by atoms with Gasteiger partial charge in [-0.25, -0.2) is 4.79 Å². The van der Waals surface area contributed by atoms with E-state index < -0.39 is 11.5 Å². The summed E-state index contributed by atoms with van der Waals surface area (Å²) in [5.74, 6) is -0.582. The third kappa shape index (κ3) is 4.25. The zero-order valence-electron chi connectivity index (χ0n) is 15.2. The second-order valence-electron chi connectivity index (χ2n) is 6.37. The summed E-state index contributed by atoms with van der Waals surface area (Å²) in [6.45, 7) is 2.04. The van der Waals surface area contributed by atoms with Crippen molar-refractivity contribution < 1.29 is 14.0 Å². The first-order valence-electron chi connectivity index (χ1n) is 8.83. The van der Waals surface area contributed by atoms with E-state index in [1.807, 2.05) is 11.0 Å². The molecule has 1 fully saturated rings. The van der Waals surface area contributed by atoms with E-state index in [1.54, 1.807) is 29.2 Å². The molecule has 0 saturated carbocycles. The van der Waals surface area contributed by atoms with Crippen molar-refractivity contribution in [3.05, 3.63) is 46.3 Å². The van der Waals surface area contributed by atoms with Gasteiger partial charge in [0.05, 0.1) is 5.75 Å². The fourth-order valence-electron chi connectivity index (χ4n) is 3.00. The van der Waals surface area contributed by atoms with Gasteiger partial charge in [0.1, 0.15) is 11.1 Å². The monoisotopic (exact) mass is 431 g/mol. The third-order valence-corrected chi connectivity index (χ3v) is 6.58. The van der Waals surface area contributed by atoms with Crippen LogP contribution < -0.4 is 16.3 Å². The summed E-state index contributed by atoms with van der Waals surface area (Å²) in [4.78, 5) is 39.6. The first kappa shape index (κ1) is 19.4. The highest BCUT2D eigenvalue weighted by atomic mass is 32.2. The van der Waals surface area contributed by atoms with Gasteiger partial charge in [-0.15, -0.1) is 10.2 Å². The number of thioether (sulfide) groups is 1. The Hall–Kier alpha value is -2.92. The van der Waals surface area contributed by atoms with Gasteiger partial charge in [-0.1, -0.05) is 41.3 Å². The highest BCUT2D eigenvalue weighted by Crippen LogP contribution is 2.28. The molecule has 3 heterocycles. The van der Waals surface area contributed by atoms with E-state index in [2.05, 4.69) is 10.2 Å². The number of carbonyl (C=O) groups is 2. The summed E-state index contributed by atoms with van der Waals surface area (Å²) < 4.78 is 5.94. The van der Waals surface area contributed by atoms with Gasteiger partial charge in [0.25, 0.3) is 5.91 Å². The van der Waals surface area contributed by atoms with Crippen LogP contribution in [0.1, 0.15) is 10.4 Å². The smallest absolute Gasteiger partial charge is 0.349 e. The normalized spacial score (nSPS) is 14.3. The van der Waals surface area contributed by atoms with Crippen LogP contribution in [-0.2, 0) is 4.79 Å². The maximum absolute atomic E-state index is 12.8. The van der Waals surface area contributed by atoms with Crippen molar-refractivity contribution in [1.82, 2.24) is 15.1 Å². The lowest BCUT2D eigenvalue weighted by Crippen LogP contribution is -2.49. The number of amides is 2. The summed E-state index contributed by atoms with van der Waals surface area (Å²) in [5.41, 5.74) is 5.01. The van der Waals surface area contributed by atoms with E-state index in [0.717, 1.165) is 5.13 Å². The predicted molar refractivity (Wildman–Crippen MR) is 110 cm³/mol. The Morgan fingerprint density at radius 1 is 1.17 bits per heavy atom. The molecule has 11 heteroatoms. The van der Waals surface area contributed by atoms with Crippen LogP contribution in [0.3, 0.4) is 0 Å². The van der Waals surface area contributed by atoms with E-state index in [-0.39, 0.29) is 17.2 Å². The van der Waals surface area contributed by atoms with Gasteiger partial charge >= 0.3 is 5.63 Å². The Morgan fingerprint density at radius 2 is 1.93 bits per heavy atom. The Morgan fingerprint density at radius 3 is 2.69 bits per heavy atom. The largest absolute Gasteiger partial charge is 0.422 e. The van der Waals surface area contributed by atoms with Gasteiger partial charge in [0.2, 0.25) is 11.0 Å². The fraction of sp³-hybridized carbons (Fsp3) is 0.278. The Kier molecular flexibility index (Phi) is 5.49. The van der Waals surface area contributed by atoms with Crippen LogP contribution in [-0.4, -0.2) is 58.8 Å². The first-order chi connectivity index (χ1) is 14.0.